The summed E-state index contributed by atoms with van der Waals surface area (Å²) in [5.41, 5.74) is 0.737. The molecule has 1 heterocycles. The zero-order valence-electron chi connectivity index (χ0n) is 7.53. The fourth-order valence-corrected chi connectivity index (χ4v) is 1.62. The van der Waals surface area contributed by atoms with E-state index >= 15 is 0 Å². The molecule has 0 saturated heterocycles. The third-order valence-corrected chi connectivity index (χ3v) is 2.90. The van der Waals surface area contributed by atoms with Gasteiger partial charge < -0.3 is 4.74 Å². The lowest BCUT2D eigenvalue weighted by Crippen LogP contribution is -1.85. The van der Waals surface area contributed by atoms with Crippen molar-refractivity contribution in [2.45, 2.75) is 6.42 Å². The molecule has 0 aromatic heterocycles. The summed E-state index contributed by atoms with van der Waals surface area (Å²) < 4.78 is 20.6. The summed E-state index contributed by atoms with van der Waals surface area (Å²) >= 11 is 9.25. The van der Waals surface area contributed by atoms with Crippen LogP contribution in [-0.4, -0.2) is 6.56 Å². The Kier molecular flexibility index (Phi) is 1.33. The first-order chi connectivity index (χ1) is 5.99. The van der Waals surface area contributed by atoms with Crippen molar-refractivity contribution in [3.8, 4) is 5.75 Å². The van der Waals surface area contributed by atoms with Gasteiger partial charge in [-0.2, -0.15) is 0 Å². The Hall–Kier alpha value is -0.210. The second-order valence-corrected chi connectivity index (χ2v) is 3.49. The maximum absolute atomic E-state index is 7.41. The number of hydrogen-bond donors (Lipinski definition) is 0. The summed E-state index contributed by atoms with van der Waals surface area (Å²) in [6.45, 7) is -1.62. The third-order valence-electron chi connectivity index (χ3n) is 1.58. The van der Waals surface area contributed by atoms with E-state index in [0.29, 0.717) is 10.8 Å². The topological polar surface area (TPSA) is 9.23 Å². The Balaban J connectivity index is 2.53. The van der Waals surface area contributed by atoms with Crippen LogP contribution in [0, 0.1) is 0 Å². The first kappa shape index (κ1) is 5.44. The van der Waals surface area contributed by atoms with Crippen LogP contribution in [0.1, 0.15) is 8.30 Å². The van der Waals surface area contributed by atoms with E-state index in [0.717, 1.165) is 10.0 Å². The molecular weight excluding hydrogens is 227 g/mol. The minimum atomic E-state index is -1.62. The second kappa shape index (κ2) is 2.68. The van der Waals surface area contributed by atoms with Crippen molar-refractivity contribution < 1.29 is 7.48 Å². The molecule has 0 spiro atoms. The van der Waals surface area contributed by atoms with Crippen molar-refractivity contribution in [2.24, 2.45) is 0 Å². The predicted molar refractivity (Wildman–Crippen MR) is 48.4 cm³/mol. The zero-order chi connectivity index (χ0) is 9.64. The van der Waals surface area contributed by atoms with Crippen molar-refractivity contribution >= 4 is 27.5 Å². The average Bonchev–Trinajstić information content (AvgIpc) is 2.34. The first-order valence-electron chi connectivity index (χ1n) is 4.15. The lowest BCUT2D eigenvalue weighted by molar-refractivity contribution is 0.357. The summed E-state index contributed by atoms with van der Waals surface area (Å²) in [5.74, 6) is 0.540. The smallest absolute Gasteiger partial charge is 0.124 e. The zero-order valence-corrected chi connectivity index (χ0v) is 7.87. The quantitative estimate of drug-likeness (QED) is 0.672. The standard InChI is InChI=1S/C8H6BrClO/c9-6-1-2-7-5(8(6)10)3-4-11-7/h1-2H,3-4H2/i4D2. The molecule has 2 rings (SSSR count). The molecular formula is C8H6BrClO. The van der Waals surface area contributed by atoms with Crippen LogP contribution in [0.4, 0.5) is 0 Å². The Bertz CT molecular complexity index is 367. The molecule has 1 aliphatic heterocycles. The summed E-state index contributed by atoms with van der Waals surface area (Å²) in [6.07, 6.45) is 0.209. The second-order valence-electron chi connectivity index (χ2n) is 2.26. The SMILES string of the molecule is [2H]C1([2H])Cc2c(ccc(Br)c2Cl)O1. The van der Waals surface area contributed by atoms with E-state index in [4.69, 9.17) is 19.1 Å². The Morgan fingerprint density at radius 2 is 2.45 bits per heavy atom. The number of hydrogen-bond acceptors (Lipinski definition) is 1. The number of rotatable bonds is 0. The lowest BCUT2D eigenvalue weighted by Gasteiger charge is -2.01. The van der Waals surface area contributed by atoms with Crippen molar-refractivity contribution in [2.75, 3.05) is 6.56 Å². The van der Waals surface area contributed by atoms with Crippen molar-refractivity contribution in [1.82, 2.24) is 0 Å². The largest absolute Gasteiger partial charge is 0.493 e. The van der Waals surface area contributed by atoms with E-state index in [1.165, 1.54) is 0 Å². The van der Waals surface area contributed by atoms with Crippen LogP contribution in [0.3, 0.4) is 0 Å². The van der Waals surface area contributed by atoms with Crippen LogP contribution in [0.15, 0.2) is 16.6 Å². The third kappa shape index (κ3) is 1.14. The van der Waals surface area contributed by atoms with Crippen LogP contribution < -0.4 is 4.74 Å². The number of halogens is 2. The van der Waals surface area contributed by atoms with Gasteiger partial charge in [0.2, 0.25) is 0 Å². The number of fused-ring (bicyclic) bond motifs is 1. The molecule has 11 heavy (non-hydrogen) atoms. The normalized spacial score (nSPS) is 21.6. The Labute approximate surface area is 81.2 Å². The summed E-state index contributed by atoms with van der Waals surface area (Å²) in [5, 5.41) is 0.541. The van der Waals surface area contributed by atoms with E-state index in [-0.39, 0.29) is 6.42 Å². The van der Waals surface area contributed by atoms with Crippen LogP contribution in [-0.2, 0) is 6.42 Å². The first-order valence-corrected chi connectivity index (χ1v) is 4.32. The van der Waals surface area contributed by atoms with Gasteiger partial charge in [-0.3, -0.25) is 0 Å². The highest BCUT2D eigenvalue weighted by Gasteiger charge is 2.16. The van der Waals surface area contributed by atoms with Gasteiger partial charge in [0.05, 0.1) is 14.3 Å². The summed E-state index contributed by atoms with van der Waals surface area (Å²) in [6, 6.07) is 3.47. The van der Waals surface area contributed by atoms with Gasteiger partial charge in [0.1, 0.15) is 5.75 Å². The average molecular weight is 236 g/mol. The summed E-state index contributed by atoms with van der Waals surface area (Å²) in [4.78, 5) is 0. The monoisotopic (exact) mass is 234 g/mol. The number of benzene rings is 1. The van der Waals surface area contributed by atoms with Crippen molar-refractivity contribution in [3.63, 3.8) is 0 Å². The van der Waals surface area contributed by atoms with E-state index < -0.39 is 6.56 Å². The highest BCUT2D eigenvalue weighted by molar-refractivity contribution is 9.10. The molecule has 3 heteroatoms. The van der Waals surface area contributed by atoms with E-state index in [2.05, 4.69) is 15.9 Å². The van der Waals surface area contributed by atoms with E-state index in [1.54, 1.807) is 12.1 Å². The van der Waals surface area contributed by atoms with Gasteiger partial charge in [-0.15, -0.1) is 0 Å². The summed E-state index contributed by atoms with van der Waals surface area (Å²) in [7, 11) is 0. The molecule has 0 unspecified atom stereocenters. The van der Waals surface area contributed by atoms with Gasteiger partial charge in [0.15, 0.2) is 0 Å². The molecule has 0 amide bonds. The van der Waals surface area contributed by atoms with Crippen LogP contribution in [0.5, 0.6) is 5.75 Å². The molecule has 0 atom stereocenters. The van der Waals surface area contributed by atoms with Gasteiger partial charge >= 0.3 is 0 Å². The molecule has 1 aliphatic rings. The van der Waals surface area contributed by atoms with E-state index in [1.807, 2.05) is 0 Å². The molecule has 1 aromatic carbocycles. The van der Waals surface area contributed by atoms with E-state index in [9.17, 15) is 0 Å². The van der Waals surface area contributed by atoms with Gasteiger partial charge in [0.25, 0.3) is 0 Å². The lowest BCUT2D eigenvalue weighted by atomic mass is 10.2. The fraction of sp³-hybridized carbons (Fsp3) is 0.250. The Morgan fingerprint density at radius 3 is 3.27 bits per heavy atom. The van der Waals surface area contributed by atoms with Gasteiger partial charge in [-0.25, -0.2) is 0 Å². The molecule has 0 radical (unpaired) electrons. The highest BCUT2D eigenvalue weighted by atomic mass is 79.9. The molecule has 0 aliphatic carbocycles. The van der Waals surface area contributed by atoms with Crippen LogP contribution >= 0.6 is 27.5 Å². The predicted octanol–water partition coefficient (Wildman–Crippen LogP) is 3.04. The van der Waals surface area contributed by atoms with Gasteiger partial charge in [-0.1, -0.05) is 11.6 Å². The minimum absolute atomic E-state index is 0.209. The fourth-order valence-electron chi connectivity index (χ4n) is 1.02. The van der Waals surface area contributed by atoms with Gasteiger partial charge in [0, 0.05) is 16.5 Å². The molecule has 1 aromatic rings. The molecule has 0 saturated carbocycles. The highest BCUT2D eigenvalue weighted by Crippen LogP contribution is 2.36. The van der Waals surface area contributed by atoms with Crippen LogP contribution in [0.2, 0.25) is 5.02 Å². The maximum Gasteiger partial charge on any atom is 0.124 e. The maximum atomic E-state index is 7.41. The molecule has 0 bridgehead atoms. The number of ether oxygens (including phenoxy) is 1. The van der Waals surface area contributed by atoms with Crippen molar-refractivity contribution in [3.05, 3.63) is 27.2 Å². The molecule has 0 fully saturated rings. The van der Waals surface area contributed by atoms with Gasteiger partial charge in [-0.05, 0) is 28.1 Å². The Morgan fingerprint density at radius 1 is 1.64 bits per heavy atom. The molecule has 1 nitrogen and oxygen atoms in total. The van der Waals surface area contributed by atoms with Crippen molar-refractivity contribution in [1.29, 1.82) is 0 Å². The van der Waals surface area contributed by atoms with Crippen LogP contribution in [0.25, 0.3) is 0 Å². The molecule has 0 N–H and O–H groups in total. The minimum Gasteiger partial charge on any atom is -0.493 e. The molecule has 58 valence electrons.